The van der Waals surface area contributed by atoms with E-state index in [1.54, 1.807) is 20.2 Å². The molecule has 1 aromatic carbocycles. The SMILES string of the molecule is COCc1noc(CCNC(=O)Nc2cc(-c3nnn(C)n3)ccc2C)n1. The lowest BCUT2D eigenvalue weighted by molar-refractivity contribution is 0.174. The number of carbonyl (C=O) groups is 1. The van der Waals surface area contributed by atoms with E-state index in [0.29, 0.717) is 36.2 Å². The summed E-state index contributed by atoms with van der Waals surface area (Å²) in [5, 5.41) is 21.3. The number of benzene rings is 1. The van der Waals surface area contributed by atoms with E-state index < -0.39 is 0 Å². The number of hydrogen-bond donors (Lipinski definition) is 2. The number of nitrogens with one attached hydrogen (secondary N) is 2. The molecule has 11 nitrogen and oxygen atoms in total. The fourth-order valence-electron chi connectivity index (χ4n) is 2.32. The molecule has 0 saturated carbocycles. The lowest BCUT2D eigenvalue weighted by Gasteiger charge is -2.10. The lowest BCUT2D eigenvalue weighted by Crippen LogP contribution is -2.30. The molecule has 3 aromatic rings. The van der Waals surface area contributed by atoms with Gasteiger partial charge in [-0.2, -0.15) is 9.78 Å². The number of carbonyl (C=O) groups excluding carboxylic acids is 1. The third kappa shape index (κ3) is 4.85. The van der Waals surface area contributed by atoms with Crippen LogP contribution in [0.3, 0.4) is 0 Å². The van der Waals surface area contributed by atoms with E-state index in [-0.39, 0.29) is 12.6 Å². The number of nitrogens with zero attached hydrogens (tertiary/aromatic N) is 6. The Hall–Kier alpha value is -3.34. The van der Waals surface area contributed by atoms with Crippen LogP contribution in [-0.4, -0.2) is 50.0 Å². The van der Waals surface area contributed by atoms with Crippen LogP contribution in [0.15, 0.2) is 22.7 Å². The van der Waals surface area contributed by atoms with Gasteiger partial charge in [0, 0.05) is 31.3 Å². The van der Waals surface area contributed by atoms with Crippen LogP contribution in [0.1, 0.15) is 17.3 Å². The minimum atomic E-state index is -0.334. The highest BCUT2D eigenvalue weighted by atomic mass is 16.5. The minimum absolute atomic E-state index is 0.285. The van der Waals surface area contributed by atoms with E-state index in [2.05, 4.69) is 36.2 Å². The van der Waals surface area contributed by atoms with Crippen molar-refractivity contribution in [3.63, 3.8) is 0 Å². The van der Waals surface area contributed by atoms with E-state index in [1.165, 1.54) is 4.80 Å². The van der Waals surface area contributed by atoms with Gasteiger partial charge >= 0.3 is 6.03 Å². The Morgan fingerprint density at radius 3 is 2.96 bits per heavy atom. The predicted molar refractivity (Wildman–Crippen MR) is 94.7 cm³/mol. The maximum absolute atomic E-state index is 12.2. The fourth-order valence-corrected chi connectivity index (χ4v) is 2.32. The summed E-state index contributed by atoms with van der Waals surface area (Å²) in [5.41, 5.74) is 2.34. The van der Waals surface area contributed by atoms with Crippen molar-refractivity contribution in [2.24, 2.45) is 7.05 Å². The van der Waals surface area contributed by atoms with Crippen molar-refractivity contribution in [1.82, 2.24) is 35.7 Å². The molecule has 11 heteroatoms. The Bertz CT molecular complexity index is 920. The van der Waals surface area contributed by atoms with Gasteiger partial charge in [0.15, 0.2) is 5.82 Å². The van der Waals surface area contributed by atoms with Crippen LogP contribution < -0.4 is 10.6 Å². The zero-order valence-corrected chi connectivity index (χ0v) is 15.3. The van der Waals surface area contributed by atoms with Gasteiger partial charge in [-0.3, -0.25) is 0 Å². The highest BCUT2D eigenvalue weighted by Crippen LogP contribution is 2.22. The van der Waals surface area contributed by atoms with Crippen LogP contribution in [-0.2, 0) is 24.8 Å². The number of aromatic nitrogens is 6. The monoisotopic (exact) mass is 372 g/mol. The van der Waals surface area contributed by atoms with E-state index in [4.69, 9.17) is 9.26 Å². The van der Waals surface area contributed by atoms with Gasteiger partial charge in [0.2, 0.25) is 11.7 Å². The molecule has 0 bridgehead atoms. The van der Waals surface area contributed by atoms with E-state index in [1.807, 2.05) is 19.1 Å². The zero-order chi connectivity index (χ0) is 19.2. The van der Waals surface area contributed by atoms with Crippen molar-refractivity contribution in [2.45, 2.75) is 20.0 Å². The average molecular weight is 372 g/mol. The van der Waals surface area contributed by atoms with Gasteiger partial charge in [0.1, 0.15) is 6.61 Å². The number of tetrazole rings is 1. The summed E-state index contributed by atoms with van der Waals surface area (Å²) in [4.78, 5) is 17.7. The molecule has 0 radical (unpaired) electrons. The molecule has 0 unspecified atom stereocenters. The molecule has 2 N–H and O–H groups in total. The first-order valence-electron chi connectivity index (χ1n) is 8.25. The standard InChI is InChI=1S/C16H20N8O3/c1-10-4-5-11(15-20-23-24(2)21-15)8-12(10)18-16(25)17-7-6-14-19-13(9-26-3)22-27-14/h4-5,8H,6-7,9H2,1-3H3,(H2,17,18,25). The molecular weight excluding hydrogens is 352 g/mol. The van der Waals surface area contributed by atoms with Gasteiger partial charge in [-0.05, 0) is 23.8 Å². The molecule has 0 fully saturated rings. The summed E-state index contributed by atoms with van der Waals surface area (Å²) in [6.07, 6.45) is 0.423. The number of methoxy groups -OCH3 is 1. The van der Waals surface area contributed by atoms with E-state index in [0.717, 1.165) is 11.1 Å². The summed E-state index contributed by atoms with van der Waals surface area (Å²) in [6.45, 7) is 2.54. The molecule has 2 heterocycles. The predicted octanol–water partition coefficient (Wildman–Crippen LogP) is 1.08. The number of ether oxygens (including phenoxy) is 1. The topological polar surface area (TPSA) is 133 Å². The Morgan fingerprint density at radius 2 is 2.22 bits per heavy atom. The number of rotatable bonds is 7. The number of amides is 2. The Kier molecular flexibility index (Phi) is 5.71. The first-order valence-corrected chi connectivity index (χ1v) is 8.25. The summed E-state index contributed by atoms with van der Waals surface area (Å²) in [7, 11) is 3.25. The summed E-state index contributed by atoms with van der Waals surface area (Å²) in [6, 6.07) is 5.24. The number of hydrogen-bond acceptors (Lipinski definition) is 8. The van der Waals surface area contributed by atoms with Crippen LogP contribution in [0.4, 0.5) is 10.5 Å². The number of urea groups is 1. The van der Waals surface area contributed by atoms with Gasteiger partial charge in [0.05, 0.1) is 7.05 Å². The molecule has 0 aliphatic heterocycles. The summed E-state index contributed by atoms with van der Waals surface area (Å²) >= 11 is 0. The second kappa shape index (κ2) is 8.36. The Balaban J connectivity index is 1.55. The summed E-state index contributed by atoms with van der Waals surface area (Å²) < 4.78 is 9.99. The van der Waals surface area contributed by atoms with Gasteiger partial charge in [-0.15, -0.1) is 10.2 Å². The Labute approximate surface area is 155 Å². The molecule has 27 heavy (non-hydrogen) atoms. The third-order valence-corrected chi connectivity index (χ3v) is 3.66. The molecule has 3 rings (SSSR count). The van der Waals surface area contributed by atoms with Crippen LogP contribution in [0.2, 0.25) is 0 Å². The van der Waals surface area contributed by atoms with Crippen molar-refractivity contribution in [2.75, 3.05) is 19.0 Å². The first kappa shape index (κ1) is 18.5. The zero-order valence-electron chi connectivity index (χ0n) is 15.3. The Morgan fingerprint density at radius 1 is 1.37 bits per heavy atom. The van der Waals surface area contributed by atoms with E-state index in [9.17, 15) is 4.79 Å². The van der Waals surface area contributed by atoms with Crippen molar-refractivity contribution in [3.05, 3.63) is 35.5 Å². The maximum Gasteiger partial charge on any atom is 0.319 e. The second-order valence-electron chi connectivity index (χ2n) is 5.80. The molecule has 0 aliphatic carbocycles. The highest BCUT2D eigenvalue weighted by Gasteiger charge is 2.10. The largest absolute Gasteiger partial charge is 0.377 e. The molecule has 0 aliphatic rings. The van der Waals surface area contributed by atoms with Crippen molar-refractivity contribution < 1.29 is 14.1 Å². The first-order chi connectivity index (χ1) is 13.0. The molecule has 0 saturated heterocycles. The van der Waals surface area contributed by atoms with E-state index >= 15 is 0 Å². The number of anilines is 1. The fraction of sp³-hybridized carbons (Fsp3) is 0.375. The van der Waals surface area contributed by atoms with Gasteiger partial charge in [-0.25, -0.2) is 4.79 Å². The smallest absolute Gasteiger partial charge is 0.319 e. The quantitative estimate of drug-likeness (QED) is 0.629. The third-order valence-electron chi connectivity index (χ3n) is 3.66. The van der Waals surface area contributed by atoms with Gasteiger partial charge in [-0.1, -0.05) is 17.3 Å². The average Bonchev–Trinajstić information content (AvgIpc) is 3.26. The molecule has 0 spiro atoms. The maximum atomic E-state index is 12.2. The van der Waals surface area contributed by atoms with Crippen LogP contribution >= 0.6 is 0 Å². The van der Waals surface area contributed by atoms with Gasteiger partial charge < -0.3 is 19.9 Å². The van der Waals surface area contributed by atoms with Crippen LogP contribution in [0.25, 0.3) is 11.4 Å². The molecule has 0 atom stereocenters. The van der Waals surface area contributed by atoms with Gasteiger partial charge in [0.25, 0.3) is 0 Å². The van der Waals surface area contributed by atoms with Crippen molar-refractivity contribution >= 4 is 11.7 Å². The van der Waals surface area contributed by atoms with Crippen molar-refractivity contribution in [3.8, 4) is 11.4 Å². The summed E-state index contributed by atoms with van der Waals surface area (Å²) in [5.74, 6) is 1.40. The lowest BCUT2D eigenvalue weighted by atomic mass is 10.1. The molecule has 2 aromatic heterocycles. The minimum Gasteiger partial charge on any atom is -0.377 e. The number of aryl methyl sites for hydroxylation is 2. The van der Waals surface area contributed by atoms with Crippen LogP contribution in [0, 0.1) is 6.92 Å². The normalized spacial score (nSPS) is 10.8. The second-order valence-corrected chi connectivity index (χ2v) is 5.80. The molecule has 142 valence electrons. The van der Waals surface area contributed by atoms with Crippen LogP contribution in [0.5, 0.6) is 0 Å². The molecule has 2 amide bonds. The molecular formula is C16H20N8O3. The van der Waals surface area contributed by atoms with Crippen molar-refractivity contribution in [1.29, 1.82) is 0 Å². The highest BCUT2D eigenvalue weighted by molar-refractivity contribution is 5.90.